The minimum Gasteiger partial charge on any atom is -0.384 e. The van der Waals surface area contributed by atoms with Crippen LogP contribution in [0.1, 0.15) is 12.6 Å². The molecule has 2 aromatic heterocycles. The van der Waals surface area contributed by atoms with E-state index < -0.39 is 10.0 Å². The highest BCUT2D eigenvalue weighted by atomic mass is 32.2. The predicted molar refractivity (Wildman–Crippen MR) is 134 cm³/mol. The number of ether oxygens (including phenoxy) is 1. The molecule has 10 nitrogen and oxygen atoms in total. The van der Waals surface area contributed by atoms with E-state index in [1.165, 1.54) is 6.26 Å². The van der Waals surface area contributed by atoms with Crippen LogP contribution in [-0.4, -0.2) is 103 Å². The Labute approximate surface area is 204 Å². The molecule has 3 aliphatic heterocycles. The van der Waals surface area contributed by atoms with Crippen LogP contribution in [0.25, 0.3) is 11.4 Å². The van der Waals surface area contributed by atoms with Gasteiger partial charge in [-0.1, -0.05) is 0 Å². The SMILES string of the molecule is C[C@@H]1CN(CC2Cc3nc(-c4ccc(N)nc4)nc(N4CCOCC4)c3S2)CCN1S(C)(=O)=O. The highest BCUT2D eigenvalue weighted by molar-refractivity contribution is 8.00. The number of pyridine rings is 1. The summed E-state index contributed by atoms with van der Waals surface area (Å²) in [5.74, 6) is 2.12. The summed E-state index contributed by atoms with van der Waals surface area (Å²) in [6.07, 6.45) is 3.88. The van der Waals surface area contributed by atoms with Crippen molar-refractivity contribution in [3.8, 4) is 11.4 Å². The molecular weight excluding hydrogens is 474 g/mol. The third-order valence-electron chi connectivity index (χ3n) is 6.52. The minimum atomic E-state index is -3.17. The van der Waals surface area contributed by atoms with Gasteiger partial charge in [0.15, 0.2) is 5.82 Å². The maximum atomic E-state index is 12.0. The smallest absolute Gasteiger partial charge is 0.211 e. The Morgan fingerprint density at radius 1 is 1.18 bits per heavy atom. The Morgan fingerprint density at radius 2 is 1.97 bits per heavy atom. The average molecular weight is 506 g/mol. The van der Waals surface area contributed by atoms with E-state index in [0.717, 1.165) is 61.1 Å². The molecule has 2 fully saturated rings. The molecule has 0 saturated carbocycles. The normalized spacial score (nSPS) is 24.4. The van der Waals surface area contributed by atoms with Gasteiger partial charge >= 0.3 is 0 Å². The van der Waals surface area contributed by atoms with E-state index >= 15 is 0 Å². The number of nitrogens with zero attached hydrogens (tertiary/aromatic N) is 6. The first kappa shape index (κ1) is 23.7. The number of piperazine rings is 1. The van der Waals surface area contributed by atoms with Gasteiger partial charge < -0.3 is 15.4 Å². The standard InChI is InChI=1S/C22H31N7O3S2/c1-15-13-27(5-6-29(15)34(2,30)31)14-17-11-18-20(33-17)22(28-7-9-32-10-8-28)26-21(25-18)16-3-4-19(23)24-12-16/h3-4,12,15,17H,5-11,13-14H2,1-2H3,(H2,23,24)/t15-,17?/m1/s1. The van der Waals surface area contributed by atoms with Crippen molar-refractivity contribution in [1.82, 2.24) is 24.2 Å². The van der Waals surface area contributed by atoms with Gasteiger partial charge in [-0.15, -0.1) is 11.8 Å². The lowest BCUT2D eigenvalue weighted by Crippen LogP contribution is -2.54. The molecule has 1 unspecified atom stereocenters. The Kier molecular flexibility index (Phi) is 6.68. The maximum absolute atomic E-state index is 12.0. The summed E-state index contributed by atoms with van der Waals surface area (Å²) in [4.78, 5) is 19.9. The summed E-state index contributed by atoms with van der Waals surface area (Å²) in [6.45, 7) is 7.89. The number of rotatable bonds is 5. The fourth-order valence-electron chi connectivity index (χ4n) is 4.89. The van der Waals surface area contributed by atoms with Crippen LogP contribution >= 0.6 is 11.8 Å². The van der Waals surface area contributed by atoms with Gasteiger partial charge in [-0.2, -0.15) is 4.31 Å². The van der Waals surface area contributed by atoms with Crippen molar-refractivity contribution >= 4 is 33.4 Å². The molecular formula is C22H31N7O3S2. The largest absolute Gasteiger partial charge is 0.384 e. The van der Waals surface area contributed by atoms with Gasteiger partial charge in [0.1, 0.15) is 11.6 Å². The third-order valence-corrected chi connectivity index (χ3v) is 9.21. The molecule has 0 spiro atoms. The van der Waals surface area contributed by atoms with Gasteiger partial charge in [-0.3, -0.25) is 4.90 Å². The van der Waals surface area contributed by atoms with Gasteiger partial charge in [0.25, 0.3) is 0 Å². The molecule has 184 valence electrons. The Morgan fingerprint density at radius 3 is 2.65 bits per heavy atom. The van der Waals surface area contributed by atoms with E-state index in [0.29, 0.717) is 36.7 Å². The van der Waals surface area contributed by atoms with Crippen LogP contribution in [0, 0.1) is 0 Å². The van der Waals surface area contributed by atoms with Crippen molar-refractivity contribution in [2.75, 3.05) is 69.4 Å². The third kappa shape index (κ3) is 5.01. The number of aromatic nitrogens is 3. The summed E-state index contributed by atoms with van der Waals surface area (Å²) in [5.41, 5.74) is 7.70. The number of hydrogen-bond donors (Lipinski definition) is 1. The minimum absolute atomic E-state index is 0.0224. The highest BCUT2D eigenvalue weighted by Crippen LogP contribution is 2.43. The molecule has 3 aliphatic rings. The molecule has 0 amide bonds. The maximum Gasteiger partial charge on any atom is 0.211 e. The van der Waals surface area contributed by atoms with Crippen molar-refractivity contribution in [3.63, 3.8) is 0 Å². The fourth-order valence-corrected chi connectivity index (χ4v) is 7.43. The van der Waals surface area contributed by atoms with Gasteiger partial charge in [-0.05, 0) is 19.1 Å². The van der Waals surface area contributed by atoms with Gasteiger partial charge in [0.2, 0.25) is 10.0 Å². The molecule has 2 aromatic rings. The number of nitrogens with two attached hydrogens (primary N) is 1. The van der Waals surface area contributed by atoms with E-state index in [9.17, 15) is 8.42 Å². The topological polar surface area (TPSA) is 118 Å². The second-order valence-electron chi connectivity index (χ2n) is 9.14. The molecule has 2 atom stereocenters. The number of hydrogen-bond acceptors (Lipinski definition) is 10. The number of nitrogen functional groups attached to an aromatic ring is 1. The lowest BCUT2D eigenvalue weighted by molar-refractivity contribution is 0.122. The van der Waals surface area contributed by atoms with Crippen LogP contribution in [0.3, 0.4) is 0 Å². The molecule has 0 radical (unpaired) electrons. The monoisotopic (exact) mass is 505 g/mol. The Balaban J connectivity index is 1.36. The molecule has 0 aromatic carbocycles. The molecule has 2 saturated heterocycles. The number of anilines is 2. The van der Waals surface area contributed by atoms with Crippen molar-refractivity contribution in [2.45, 2.75) is 29.5 Å². The molecule has 2 N–H and O–H groups in total. The van der Waals surface area contributed by atoms with Gasteiger partial charge in [0, 0.05) is 68.7 Å². The first-order valence-electron chi connectivity index (χ1n) is 11.6. The Hall–Kier alpha value is -1.99. The van der Waals surface area contributed by atoms with E-state index in [1.807, 2.05) is 24.8 Å². The quantitative estimate of drug-likeness (QED) is 0.629. The van der Waals surface area contributed by atoms with Crippen LogP contribution in [0.5, 0.6) is 0 Å². The molecule has 0 aliphatic carbocycles. The molecule has 34 heavy (non-hydrogen) atoms. The summed E-state index contributed by atoms with van der Waals surface area (Å²) in [5, 5.41) is 0.348. The molecule has 0 bridgehead atoms. The number of sulfonamides is 1. The molecule has 5 heterocycles. The van der Waals surface area contributed by atoms with Crippen molar-refractivity contribution in [3.05, 3.63) is 24.0 Å². The first-order chi connectivity index (χ1) is 16.3. The first-order valence-corrected chi connectivity index (χ1v) is 14.3. The summed E-state index contributed by atoms with van der Waals surface area (Å²) < 4.78 is 31.2. The van der Waals surface area contributed by atoms with E-state index in [4.69, 9.17) is 20.4 Å². The van der Waals surface area contributed by atoms with Gasteiger partial charge in [-0.25, -0.2) is 23.4 Å². The van der Waals surface area contributed by atoms with E-state index in [1.54, 1.807) is 16.6 Å². The van der Waals surface area contributed by atoms with Crippen LogP contribution in [0.2, 0.25) is 0 Å². The van der Waals surface area contributed by atoms with E-state index in [2.05, 4.69) is 14.8 Å². The van der Waals surface area contributed by atoms with Crippen molar-refractivity contribution in [1.29, 1.82) is 0 Å². The Bertz CT molecular complexity index is 1140. The second-order valence-corrected chi connectivity index (χ2v) is 12.4. The number of thioether (sulfide) groups is 1. The average Bonchev–Trinajstić information content (AvgIpc) is 3.21. The highest BCUT2D eigenvalue weighted by Gasteiger charge is 2.35. The predicted octanol–water partition coefficient (Wildman–Crippen LogP) is 0.940. The fraction of sp³-hybridized carbons (Fsp3) is 0.591. The lowest BCUT2D eigenvalue weighted by Gasteiger charge is -2.39. The van der Waals surface area contributed by atoms with Gasteiger partial charge in [0.05, 0.1) is 30.1 Å². The lowest BCUT2D eigenvalue weighted by atomic mass is 10.1. The van der Waals surface area contributed by atoms with Crippen LogP contribution in [-0.2, 0) is 21.2 Å². The van der Waals surface area contributed by atoms with Crippen LogP contribution in [0.15, 0.2) is 23.2 Å². The summed E-state index contributed by atoms with van der Waals surface area (Å²) >= 11 is 1.85. The zero-order valence-electron chi connectivity index (χ0n) is 19.6. The number of fused-ring (bicyclic) bond motifs is 1. The molecule has 12 heteroatoms. The van der Waals surface area contributed by atoms with E-state index in [-0.39, 0.29) is 6.04 Å². The molecule has 5 rings (SSSR count). The van der Waals surface area contributed by atoms with Crippen LogP contribution < -0.4 is 10.6 Å². The summed E-state index contributed by atoms with van der Waals surface area (Å²) in [7, 11) is -3.17. The van der Waals surface area contributed by atoms with Crippen molar-refractivity contribution in [2.24, 2.45) is 0 Å². The van der Waals surface area contributed by atoms with Crippen molar-refractivity contribution < 1.29 is 13.2 Å². The zero-order valence-corrected chi connectivity index (χ0v) is 21.2. The zero-order chi connectivity index (χ0) is 23.9. The summed E-state index contributed by atoms with van der Waals surface area (Å²) in [6, 6.07) is 3.66. The second kappa shape index (κ2) is 9.57. The van der Waals surface area contributed by atoms with Crippen LogP contribution in [0.4, 0.5) is 11.6 Å². The number of morpholine rings is 1.